The number of anilines is 1. The van der Waals surface area contributed by atoms with Crippen molar-refractivity contribution < 1.29 is 23.4 Å². The first-order chi connectivity index (χ1) is 9.40. The van der Waals surface area contributed by atoms with Gasteiger partial charge >= 0.3 is 0 Å². The highest BCUT2D eigenvalue weighted by atomic mass is 32.2. The lowest BCUT2D eigenvalue weighted by molar-refractivity contribution is -0.255. The molecule has 0 heterocycles. The van der Waals surface area contributed by atoms with Crippen molar-refractivity contribution in [3.63, 3.8) is 0 Å². The number of benzene rings is 2. The molecule has 0 atom stereocenters. The van der Waals surface area contributed by atoms with Gasteiger partial charge in [0, 0.05) is 0 Å². The van der Waals surface area contributed by atoms with Crippen LogP contribution in [0.15, 0.2) is 53.4 Å². The summed E-state index contributed by atoms with van der Waals surface area (Å²) in [6.45, 7) is 0. The topological polar surface area (TPSA) is 107 Å². The first kappa shape index (κ1) is 13.9. The highest BCUT2D eigenvalue weighted by molar-refractivity contribution is 7.92. The lowest BCUT2D eigenvalue weighted by Crippen LogP contribution is -2.23. The van der Waals surface area contributed by atoms with Crippen molar-refractivity contribution in [2.45, 2.75) is 4.90 Å². The minimum atomic E-state index is -3.99. The van der Waals surface area contributed by atoms with Crippen molar-refractivity contribution in [3.05, 3.63) is 54.1 Å². The summed E-state index contributed by atoms with van der Waals surface area (Å²) in [5.41, 5.74) is -0.239. The number of aromatic carboxylic acids is 1. The Morgan fingerprint density at radius 2 is 1.80 bits per heavy atom. The molecule has 0 spiro atoms. The van der Waals surface area contributed by atoms with E-state index in [1.54, 1.807) is 12.1 Å². The number of para-hydroxylation sites is 2. The minimum absolute atomic E-state index is 0.00588. The van der Waals surface area contributed by atoms with Crippen LogP contribution in [-0.4, -0.2) is 19.5 Å². The third-order valence-corrected chi connectivity index (χ3v) is 3.89. The highest BCUT2D eigenvalue weighted by Crippen LogP contribution is 2.25. The van der Waals surface area contributed by atoms with Crippen LogP contribution in [0.4, 0.5) is 5.69 Å². The summed E-state index contributed by atoms with van der Waals surface area (Å²) in [5, 5.41) is 20.3. The monoisotopic (exact) mass is 292 g/mol. The minimum Gasteiger partial charge on any atom is -0.545 e. The summed E-state index contributed by atoms with van der Waals surface area (Å²) < 4.78 is 26.4. The average molecular weight is 292 g/mol. The number of phenolic OH excluding ortho intramolecular Hbond substituents is 1. The van der Waals surface area contributed by atoms with Crippen molar-refractivity contribution in [1.29, 1.82) is 0 Å². The van der Waals surface area contributed by atoms with Crippen LogP contribution in [0.3, 0.4) is 0 Å². The van der Waals surface area contributed by atoms with Crippen LogP contribution in [-0.2, 0) is 10.0 Å². The van der Waals surface area contributed by atoms with Gasteiger partial charge in [-0.1, -0.05) is 24.3 Å². The van der Waals surface area contributed by atoms with Crippen LogP contribution < -0.4 is 9.83 Å². The van der Waals surface area contributed by atoms with Gasteiger partial charge in [0.1, 0.15) is 5.75 Å². The smallest absolute Gasteiger partial charge is 0.262 e. The molecular weight excluding hydrogens is 282 g/mol. The van der Waals surface area contributed by atoms with E-state index in [0.29, 0.717) is 0 Å². The molecule has 2 rings (SSSR count). The number of nitrogens with one attached hydrogen (secondary N) is 1. The standard InChI is InChI=1S/C13H11NO5S/c15-12-7-2-1-6-11(12)14-20(18,19)10-5-3-4-9(8-10)13(16)17/h1-8,14-15H,(H,16,17)/p-1. The molecule has 0 aliphatic carbocycles. The number of carboxylic acid groups (broad SMARTS) is 1. The average Bonchev–Trinajstić information content (AvgIpc) is 2.41. The lowest BCUT2D eigenvalue weighted by Gasteiger charge is -2.10. The molecule has 2 aromatic carbocycles. The van der Waals surface area contributed by atoms with Gasteiger partial charge in [0.15, 0.2) is 0 Å². The largest absolute Gasteiger partial charge is 0.545 e. The number of rotatable bonds is 4. The number of hydrogen-bond donors (Lipinski definition) is 2. The van der Waals surface area contributed by atoms with Crippen molar-refractivity contribution >= 4 is 21.7 Å². The zero-order chi connectivity index (χ0) is 14.8. The predicted octanol–water partition coefficient (Wildman–Crippen LogP) is 0.556. The number of carboxylic acids is 1. The van der Waals surface area contributed by atoms with E-state index in [-0.39, 0.29) is 21.9 Å². The second-order valence-corrected chi connectivity index (χ2v) is 5.62. The Morgan fingerprint density at radius 3 is 2.45 bits per heavy atom. The molecule has 0 bridgehead atoms. The van der Waals surface area contributed by atoms with Crippen LogP contribution in [0, 0.1) is 0 Å². The van der Waals surface area contributed by atoms with Crippen LogP contribution >= 0.6 is 0 Å². The summed E-state index contributed by atoms with van der Waals surface area (Å²) in [6, 6.07) is 10.6. The van der Waals surface area contributed by atoms with Crippen LogP contribution in [0.1, 0.15) is 10.4 Å². The zero-order valence-corrected chi connectivity index (χ0v) is 10.9. The van der Waals surface area contributed by atoms with Gasteiger partial charge in [-0.2, -0.15) is 0 Å². The number of carbonyl (C=O) groups excluding carboxylic acids is 1. The van der Waals surface area contributed by atoms with Gasteiger partial charge in [-0.3, -0.25) is 4.72 Å². The fraction of sp³-hybridized carbons (Fsp3) is 0. The fourth-order valence-electron chi connectivity index (χ4n) is 1.55. The molecule has 0 radical (unpaired) electrons. The maximum atomic E-state index is 12.1. The third kappa shape index (κ3) is 2.89. The van der Waals surface area contributed by atoms with Crippen LogP contribution in [0.25, 0.3) is 0 Å². The van der Waals surface area contributed by atoms with Crippen molar-refractivity contribution in [3.8, 4) is 5.75 Å². The molecule has 104 valence electrons. The first-order valence-corrected chi connectivity index (χ1v) is 7.01. The van der Waals surface area contributed by atoms with Crippen molar-refractivity contribution in [2.24, 2.45) is 0 Å². The van der Waals surface area contributed by atoms with Crippen LogP contribution in [0.5, 0.6) is 5.75 Å². The molecule has 6 nitrogen and oxygen atoms in total. The molecule has 20 heavy (non-hydrogen) atoms. The van der Waals surface area contributed by atoms with E-state index in [0.717, 1.165) is 6.07 Å². The van der Waals surface area contributed by atoms with Crippen molar-refractivity contribution in [1.82, 2.24) is 0 Å². The molecule has 0 unspecified atom stereocenters. The summed E-state index contributed by atoms with van der Waals surface area (Å²) in [7, 11) is -3.99. The summed E-state index contributed by atoms with van der Waals surface area (Å²) >= 11 is 0. The van der Waals surface area contributed by atoms with Gasteiger partial charge in [-0.05, 0) is 29.8 Å². The molecule has 0 aromatic heterocycles. The number of phenols is 1. The molecule has 2 N–H and O–H groups in total. The zero-order valence-electron chi connectivity index (χ0n) is 10.1. The molecule has 0 saturated carbocycles. The quantitative estimate of drug-likeness (QED) is 0.801. The van der Waals surface area contributed by atoms with E-state index >= 15 is 0 Å². The van der Waals surface area contributed by atoms with Gasteiger partial charge in [0.2, 0.25) is 0 Å². The van der Waals surface area contributed by atoms with Gasteiger partial charge in [-0.15, -0.1) is 0 Å². The van der Waals surface area contributed by atoms with Gasteiger partial charge in [0.05, 0.1) is 16.6 Å². The SMILES string of the molecule is O=C([O-])c1cccc(S(=O)(=O)Nc2ccccc2O)c1. The Bertz CT molecular complexity index is 755. The van der Waals surface area contributed by atoms with Gasteiger partial charge < -0.3 is 15.0 Å². The molecule has 0 amide bonds. The Morgan fingerprint density at radius 1 is 1.10 bits per heavy atom. The number of carbonyl (C=O) groups is 1. The summed E-state index contributed by atoms with van der Waals surface area (Å²) in [4.78, 5) is 10.5. The Balaban J connectivity index is 2.38. The highest BCUT2D eigenvalue weighted by Gasteiger charge is 2.16. The summed E-state index contributed by atoms with van der Waals surface area (Å²) in [5.74, 6) is -1.70. The Kier molecular flexibility index (Phi) is 3.62. The van der Waals surface area contributed by atoms with E-state index < -0.39 is 16.0 Å². The normalized spacial score (nSPS) is 11.0. The predicted molar refractivity (Wildman–Crippen MR) is 69.7 cm³/mol. The van der Waals surface area contributed by atoms with Crippen LogP contribution in [0.2, 0.25) is 0 Å². The molecular formula is C13H10NO5S-. The Hall–Kier alpha value is -2.54. The second kappa shape index (κ2) is 5.22. The van der Waals surface area contributed by atoms with E-state index in [9.17, 15) is 23.4 Å². The molecule has 2 aromatic rings. The second-order valence-electron chi connectivity index (χ2n) is 3.94. The molecule has 0 aliphatic rings. The Labute approximate surface area is 115 Å². The molecule has 7 heteroatoms. The number of hydrogen-bond acceptors (Lipinski definition) is 5. The molecule has 0 saturated heterocycles. The van der Waals surface area contributed by atoms with Crippen molar-refractivity contribution in [2.75, 3.05) is 4.72 Å². The van der Waals surface area contributed by atoms with E-state index in [4.69, 9.17) is 0 Å². The first-order valence-electron chi connectivity index (χ1n) is 5.52. The van der Waals surface area contributed by atoms with E-state index in [2.05, 4.69) is 4.72 Å². The van der Waals surface area contributed by atoms with E-state index in [1.807, 2.05) is 0 Å². The third-order valence-electron chi connectivity index (χ3n) is 2.53. The molecule has 0 aliphatic heterocycles. The van der Waals surface area contributed by atoms with Gasteiger partial charge in [-0.25, -0.2) is 8.42 Å². The fourth-order valence-corrected chi connectivity index (χ4v) is 2.67. The van der Waals surface area contributed by atoms with Gasteiger partial charge in [0.25, 0.3) is 10.0 Å². The molecule has 0 fully saturated rings. The number of sulfonamides is 1. The number of aromatic hydroxyl groups is 1. The summed E-state index contributed by atoms with van der Waals surface area (Å²) in [6.07, 6.45) is 0. The maximum absolute atomic E-state index is 12.1. The van der Waals surface area contributed by atoms with E-state index in [1.165, 1.54) is 30.3 Å². The maximum Gasteiger partial charge on any atom is 0.262 e. The lowest BCUT2D eigenvalue weighted by atomic mass is 10.2.